The van der Waals surface area contributed by atoms with Gasteiger partial charge in [-0.05, 0) is 29.7 Å². The van der Waals surface area contributed by atoms with Crippen molar-refractivity contribution in [1.82, 2.24) is 24.8 Å². The molecule has 1 saturated carbocycles. The molecular weight excluding hydrogens is 465 g/mol. The second-order valence-corrected chi connectivity index (χ2v) is 9.03. The van der Waals surface area contributed by atoms with Gasteiger partial charge < -0.3 is 0 Å². The van der Waals surface area contributed by atoms with Gasteiger partial charge in [0.05, 0.1) is 11.9 Å². The molecule has 1 fully saturated rings. The van der Waals surface area contributed by atoms with Crippen LogP contribution in [0.15, 0.2) is 54.7 Å². The number of benzene rings is 2. The van der Waals surface area contributed by atoms with Gasteiger partial charge in [0, 0.05) is 11.5 Å². The van der Waals surface area contributed by atoms with Crippen LogP contribution in [0.25, 0.3) is 27.7 Å². The summed E-state index contributed by atoms with van der Waals surface area (Å²) in [4.78, 5) is 17.4. The lowest BCUT2D eigenvalue weighted by molar-refractivity contribution is -0.142. The van der Waals surface area contributed by atoms with E-state index in [9.17, 15) is 18.0 Å². The Balaban J connectivity index is 1.48. The summed E-state index contributed by atoms with van der Waals surface area (Å²) in [5.41, 5.74) is -0.681. The summed E-state index contributed by atoms with van der Waals surface area (Å²) in [6.45, 7) is 0. The largest absolute Gasteiger partial charge is 0.433 e. The van der Waals surface area contributed by atoms with Gasteiger partial charge in [-0.25, -0.2) is 9.50 Å². The number of hydrogen-bond acceptors (Lipinski definition) is 6. The summed E-state index contributed by atoms with van der Waals surface area (Å²) in [5.74, 6) is -0.274. The number of hydrogen-bond donors (Lipinski definition) is 1. The van der Waals surface area contributed by atoms with Gasteiger partial charge in [-0.2, -0.15) is 18.3 Å². The lowest BCUT2D eigenvalue weighted by atomic mass is 10.0. The molecule has 34 heavy (non-hydrogen) atoms. The van der Waals surface area contributed by atoms with Gasteiger partial charge in [-0.3, -0.25) is 10.1 Å². The van der Waals surface area contributed by atoms with Gasteiger partial charge in [0.25, 0.3) is 5.91 Å². The molecule has 0 unspecified atom stereocenters. The second-order valence-electron chi connectivity index (χ2n) is 8.02. The van der Waals surface area contributed by atoms with Crippen LogP contribution in [0.4, 0.5) is 18.3 Å². The van der Waals surface area contributed by atoms with Gasteiger partial charge in [-0.15, -0.1) is 10.2 Å². The normalized spacial score (nSPS) is 14.1. The van der Waals surface area contributed by atoms with E-state index >= 15 is 0 Å². The zero-order valence-electron chi connectivity index (χ0n) is 17.4. The molecule has 0 saturated heterocycles. The molecule has 5 aromatic rings. The van der Waals surface area contributed by atoms with Crippen molar-refractivity contribution in [2.24, 2.45) is 0 Å². The quantitative estimate of drug-likeness (QED) is 0.365. The fourth-order valence-electron chi connectivity index (χ4n) is 3.86. The standard InChI is InChI=1S/C23H15F3N6OS/c24-23(25,26)18-10-17(15-7-3-5-12-4-1-2-6-14(12)15)28-19-16(11-27-32(18)19)20(33)29-22-31-30-21(34-22)13-8-9-13/h1-7,10-11,13H,8-9H2,(H,29,31,33). The molecule has 1 aliphatic rings. The van der Waals surface area contributed by atoms with Crippen LogP contribution in [0, 0.1) is 0 Å². The summed E-state index contributed by atoms with van der Waals surface area (Å²) in [5, 5.41) is 17.2. The molecule has 6 rings (SSSR count). The van der Waals surface area contributed by atoms with E-state index in [1.54, 1.807) is 12.1 Å². The van der Waals surface area contributed by atoms with Crippen LogP contribution >= 0.6 is 11.3 Å². The number of anilines is 1. The van der Waals surface area contributed by atoms with Gasteiger partial charge in [0.1, 0.15) is 10.6 Å². The molecule has 0 aliphatic heterocycles. The highest BCUT2D eigenvalue weighted by Crippen LogP contribution is 2.42. The van der Waals surface area contributed by atoms with Gasteiger partial charge in [-0.1, -0.05) is 53.8 Å². The Morgan fingerprint density at radius 2 is 1.88 bits per heavy atom. The predicted molar refractivity (Wildman–Crippen MR) is 121 cm³/mol. The predicted octanol–water partition coefficient (Wildman–Crippen LogP) is 5.55. The summed E-state index contributed by atoms with van der Waals surface area (Å²) in [7, 11) is 0. The molecule has 1 aliphatic carbocycles. The van der Waals surface area contributed by atoms with Crippen LogP contribution < -0.4 is 5.32 Å². The Labute approximate surface area is 194 Å². The fraction of sp³-hybridized carbons (Fsp3) is 0.174. The van der Waals surface area contributed by atoms with Crippen LogP contribution in [-0.4, -0.2) is 30.7 Å². The summed E-state index contributed by atoms with van der Waals surface area (Å²) in [6.07, 6.45) is -1.54. The maximum Gasteiger partial charge on any atom is 0.433 e. The first-order chi connectivity index (χ1) is 16.4. The van der Waals surface area contributed by atoms with E-state index < -0.39 is 17.8 Å². The Morgan fingerprint density at radius 3 is 2.68 bits per heavy atom. The molecule has 0 spiro atoms. The molecule has 0 radical (unpaired) electrons. The topological polar surface area (TPSA) is 85.1 Å². The van der Waals surface area contributed by atoms with Gasteiger partial charge in [0.15, 0.2) is 11.3 Å². The van der Waals surface area contributed by atoms with Crippen LogP contribution in [-0.2, 0) is 6.18 Å². The SMILES string of the molecule is O=C(Nc1nnc(C2CC2)s1)c1cnn2c(C(F)(F)F)cc(-c3cccc4ccccc34)nc12. The summed E-state index contributed by atoms with van der Waals surface area (Å²) >= 11 is 1.26. The number of carbonyl (C=O) groups excluding carboxylic acids is 1. The van der Waals surface area contributed by atoms with E-state index in [4.69, 9.17) is 0 Å². The Morgan fingerprint density at radius 1 is 1.09 bits per heavy atom. The minimum Gasteiger partial charge on any atom is -0.296 e. The number of alkyl halides is 3. The zero-order chi connectivity index (χ0) is 23.4. The molecule has 1 N–H and O–H groups in total. The summed E-state index contributed by atoms with van der Waals surface area (Å²) < 4.78 is 42.5. The highest BCUT2D eigenvalue weighted by molar-refractivity contribution is 7.15. The molecule has 0 bridgehead atoms. The maximum atomic E-state index is 14.0. The first-order valence-corrected chi connectivity index (χ1v) is 11.3. The lowest BCUT2D eigenvalue weighted by Gasteiger charge is -2.13. The molecule has 3 aromatic heterocycles. The minimum absolute atomic E-state index is 0.0873. The van der Waals surface area contributed by atoms with Crippen LogP contribution in [0.2, 0.25) is 0 Å². The van der Waals surface area contributed by atoms with Crippen LogP contribution in [0.5, 0.6) is 0 Å². The van der Waals surface area contributed by atoms with Gasteiger partial charge >= 0.3 is 6.18 Å². The number of halogens is 3. The number of fused-ring (bicyclic) bond motifs is 2. The van der Waals surface area contributed by atoms with Crippen molar-refractivity contribution >= 4 is 38.8 Å². The Kier molecular flexibility index (Phi) is 4.63. The number of aromatic nitrogens is 5. The fourth-order valence-corrected chi connectivity index (χ4v) is 4.76. The Hall–Kier alpha value is -3.86. The Bertz CT molecular complexity index is 1570. The molecule has 170 valence electrons. The highest BCUT2D eigenvalue weighted by Gasteiger charge is 2.36. The van der Waals surface area contributed by atoms with E-state index in [1.165, 1.54) is 11.3 Å². The van der Waals surface area contributed by atoms with Crippen molar-refractivity contribution in [3.8, 4) is 11.3 Å². The number of carbonyl (C=O) groups is 1. The zero-order valence-corrected chi connectivity index (χ0v) is 18.2. The molecule has 11 heteroatoms. The molecule has 2 aromatic carbocycles. The molecule has 1 amide bonds. The minimum atomic E-state index is -4.71. The number of rotatable bonds is 4. The van der Waals surface area contributed by atoms with Crippen LogP contribution in [0.3, 0.4) is 0 Å². The molecule has 3 heterocycles. The van der Waals surface area contributed by atoms with Crippen molar-refractivity contribution in [3.63, 3.8) is 0 Å². The molecule has 0 atom stereocenters. The van der Waals surface area contributed by atoms with E-state index in [0.717, 1.165) is 40.9 Å². The smallest absolute Gasteiger partial charge is 0.296 e. The van der Waals surface area contributed by atoms with E-state index in [1.807, 2.05) is 30.3 Å². The maximum absolute atomic E-state index is 14.0. The van der Waals surface area contributed by atoms with E-state index in [-0.39, 0.29) is 22.0 Å². The number of amides is 1. The van der Waals surface area contributed by atoms with Crippen molar-refractivity contribution in [2.75, 3.05) is 5.32 Å². The third-order valence-corrected chi connectivity index (χ3v) is 6.66. The average Bonchev–Trinajstić information content (AvgIpc) is 3.41. The molecular formula is C23H15F3N6OS. The third-order valence-electron chi connectivity index (χ3n) is 5.66. The van der Waals surface area contributed by atoms with Crippen molar-refractivity contribution in [1.29, 1.82) is 0 Å². The lowest BCUT2D eigenvalue weighted by Crippen LogP contribution is -2.15. The van der Waals surface area contributed by atoms with Crippen LogP contribution in [0.1, 0.15) is 39.8 Å². The second kappa shape index (κ2) is 7.59. The van der Waals surface area contributed by atoms with Gasteiger partial charge in [0.2, 0.25) is 5.13 Å². The first-order valence-electron chi connectivity index (χ1n) is 10.5. The monoisotopic (exact) mass is 480 g/mol. The van der Waals surface area contributed by atoms with E-state index in [2.05, 4.69) is 25.6 Å². The number of nitrogens with zero attached hydrogens (tertiary/aromatic N) is 5. The van der Waals surface area contributed by atoms with Crippen molar-refractivity contribution < 1.29 is 18.0 Å². The van der Waals surface area contributed by atoms with E-state index in [0.29, 0.717) is 16.0 Å². The third kappa shape index (κ3) is 3.58. The average molecular weight is 480 g/mol. The molecule has 7 nitrogen and oxygen atoms in total. The highest BCUT2D eigenvalue weighted by atomic mass is 32.1. The number of nitrogens with one attached hydrogen (secondary N) is 1. The summed E-state index contributed by atoms with van der Waals surface area (Å²) in [6, 6.07) is 13.6. The van der Waals surface area contributed by atoms with Crippen molar-refractivity contribution in [3.05, 3.63) is 71.0 Å². The first kappa shape index (κ1) is 20.7. The van der Waals surface area contributed by atoms with Crippen molar-refractivity contribution in [2.45, 2.75) is 24.9 Å².